The maximum atomic E-state index is 13.0. The number of Topliss-reactive ketones (excluding diaryl/α,β-unsaturated/α-hetero) is 1. The molecule has 0 fully saturated rings. The number of carbonyl (C=O) groups is 2. The zero-order valence-corrected chi connectivity index (χ0v) is 15.6. The molecular weight excluding hydrogens is 350 g/mol. The molecule has 3 heterocycles. The van der Waals surface area contributed by atoms with Gasteiger partial charge in [-0.2, -0.15) is 0 Å². The molecule has 2 aromatic rings. The Kier molecular flexibility index (Phi) is 5.49. The molecule has 1 aliphatic heterocycles. The van der Waals surface area contributed by atoms with Crippen molar-refractivity contribution in [2.45, 2.75) is 12.5 Å². The number of aliphatic hydroxyl groups is 1. The van der Waals surface area contributed by atoms with Crippen LogP contribution in [0.5, 0.6) is 0 Å². The number of pyridine rings is 1. The van der Waals surface area contributed by atoms with Crippen molar-refractivity contribution >= 4 is 23.0 Å². The smallest absolute Gasteiger partial charge is 0.290 e. The number of aliphatic hydroxyl groups excluding tert-OH is 1. The van der Waals surface area contributed by atoms with Gasteiger partial charge >= 0.3 is 0 Å². The third kappa shape index (κ3) is 3.54. The third-order valence-electron chi connectivity index (χ3n) is 4.34. The van der Waals surface area contributed by atoms with Crippen LogP contribution in [0.25, 0.3) is 0 Å². The van der Waals surface area contributed by atoms with Gasteiger partial charge in [-0.1, -0.05) is 12.1 Å². The van der Waals surface area contributed by atoms with Gasteiger partial charge in [0.1, 0.15) is 6.04 Å². The molecule has 6 nitrogen and oxygen atoms in total. The minimum Gasteiger partial charge on any atom is -0.503 e. The fraction of sp³-hybridized carbons (Fsp3) is 0.316. The molecule has 2 N–H and O–H groups in total. The topological polar surface area (TPSA) is 74.9 Å². The molecule has 2 aromatic heterocycles. The van der Waals surface area contributed by atoms with Gasteiger partial charge in [0.25, 0.3) is 5.91 Å². The van der Waals surface area contributed by atoms with Crippen molar-refractivity contribution in [3.8, 4) is 0 Å². The Morgan fingerprint density at radius 1 is 1.31 bits per heavy atom. The predicted molar refractivity (Wildman–Crippen MR) is 99.3 cm³/mol. The maximum absolute atomic E-state index is 13.0. The minimum atomic E-state index is -0.657. The van der Waals surface area contributed by atoms with Crippen molar-refractivity contribution in [2.75, 3.05) is 27.2 Å². The van der Waals surface area contributed by atoms with Crippen LogP contribution < -0.4 is 4.90 Å². The molecule has 1 amide bonds. The molecule has 0 aliphatic carbocycles. The van der Waals surface area contributed by atoms with E-state index in [1.54, 1.807) is 40.7 Å². The first-order chi connectivity index (χ1) is 12.5. The molecular formula is C19H22N3O3S+. The molecule has 136 valence electrons. The number of amides is 1. The van der Waals surface area contributed by atoms with Gasteiger partial charge in [-0.25, -0.2) is 0 Å². The Hall–Kier alpha value is -2.51. The fourth-order valence-corrected chi connectivity index (χ4v) is 3.78. The normalized spacial score (nSPS) is 17.4. The lowest BCUT2D eigenvalue weighted by Crippen LogP contribution is -3.05. The number of hydrogen-bond acceptors (Lipinski definition) is 5. The summed E-state index contributed by atoms with van der Waals surface area (Å²) in [5.74, 6) is -1.28. The molecule has 3 rings (SSSR count). The Morgan fingerprint density at radius 3 is 2.73 bits per heavy atom. The van der Waals surface area contributed by atoms with E-state index in [0.29, 0.717) is 17.1 Å². The van der Waals surface area contributed by atoms with Crippen LogP contribution in [0.4, 0.5) is 0 Å². The summed E-state index contributed by atoms with van der Waals surface area (Å²) in [6, 6.07) is 8.20. The number of carbonyl (C=O) groups excluding carboxylic acids is 2. The number of nitrogens with one attached hydrogen (secondary N) is 1. The summed E-state index contributed by atoms with van der Waals surface area (Å²) in [6.45, 7) is 1.34. The Balaban J connectivity index is 1.97. The second-order valence-corrected chi connectivity index (χ2v) is 7.48. The fourth-order valence-electron chi connectivity index (χ4n) is 3.10. The summed E-state index contributed by atoms with van der Waals surface area (Å²) >= 11 is 1.29. The lowest BCUT2D eigenvalue weighted by molar-refractivity contribution is -0.858. The second-order valence-electron chi connectivity index (χ2n) is 6.54. The Bertz CT molecular complexity index is 816. The summed E-state index contributed by atoms with van der Waals surface area (Å²) in [7, 11) is 4.09. The van der Waals surface area contributed by atoms with Crippen LogP contribution in [-0.2, 0) is 4.79 Å². The van der Waals surface area contributed by atoms with E-state index in [-0.39, 0.29) is 11.4 Å². The highest BCUT2D eigenvalue weighted by Gasteiger charge is 2.44. The van der Waals surface area contributed by atoms with Gasteiger partial charge < -0.3 is 14.9 Å². The average Bonchev–Trinajstić information content (AvgIpc) is 3.24. The molecule has 0 aromatic carbocycles. The molecule has 0 saturated carbocycles. The quantitative estimate of drug-likeness (QED) is 0.718. The third-order valence-corrected chi connectivity index (χ3v) is 5.21. The van der Waals surface area contributed by atoms with Crippen LogP contribution in [0.2, 0.25) is 0 Å². The largest absolute Gasteiger partial charge is 0.503 e. The summed E-state index contributed by atoms with van der Waals surface area (Å²) in [6.07, 6.45) is 2.40. The Morgan fingerprint density at radius 2 is 2.12 bits per heavy atom. The van der Waals surface area contributed by atoms with Crippen molar-refractivity contribution in [3.63, 3.8) is 0 Å². The number of rotatable bonds is 7. The standard InChI is InChI=1S/C19H21N3O3S/c1-21(2)10-6-11-22-16(13-7-3-4-9-20-13)15(18(24)19(22)25)17(23)14-8-5-12-26-14/h3-5,7-9,12,16,24H,6,10-11H2,1-2H3/p+1/t16-/m0/s1. The van der Waals surface area contributed by atoms with Crippen molar-refractivity contribution in [3.05, 3.63) is 63.8 Å². The number of ketones is 1. The number of quaternary nitrogens is 1. The van der Waals surface area contributed by atoms with Gasteiger partial charge in [0, 0.05) is 19.2 Å². The van der Waals surface area contributed by atoms with E-state index in [4.69, 9.17) is 0 Å². The van der Waals surface area contributed by atoms with Crippen LogP contribution >= 0.6 is 11.3 Å². The number of aromatic nitrogens is 1. The Labute approximate surface area is 156 Å². The molecule has 1 atom stereocenters. The van der Waals surface area contributed by atoms with Gasteiger partial charge in [-0.05, 0) is 23.6 Å². The van der Waals surface area contributed by atoms with Crippen LogP contribution in [0.3, 0.4) is 0 Å². The molecule has 26 heavy (non-hydrogen) atoms. The summed E-state index contributed by atoms with van der Waals surface area (Å²) in [5.41, 5.74) is 0.704. The zero-order chi connectivity index (χ0) is 18.7. The van der Waals surface area contributed by atoms with Crippen molar-refractivity contribution < 1.29 is 19.6 Å². The summed E-state index contributed by atoms with van der Waals surface area (Å²) < 4.78 is 0. The monoisotopic (exact) mass is 372 g/mol. The van der Waals surface area contributed by atoms with E-state index in [1.807, 2.05) is 20.2 Å². The molecule has 0 saturated heterocycles. The molecule has 0 spiro atoms. The second kappa shape index (κ2) is 7.80. The number of hydrogen-bond donors (Lipinski definition) is 2. The lowest BCUT2D eigenvalue weighted by Gasteiger charge is -2.26. The van der Waals surface area contributed by atoms with E-state index >= 15 is 0 Å². The first-order valence-corrected chi connectivity index (χ1v) is 9.41. The van der Waals surface area contributed by atoms with Gasteiger partial charge in [-0.15, -0.1) is 11.3 Å². The van der Waals surface area contributed by atoms with Gasteiger partial charge in [0.05, 0.1) is 36.8 Å². The van der Waals surface area contributed by atoms with Crippen LogP contribution in [0.15, 0.2) is 53.2 Å². The predicted octanol–water partition coefficient (Wildman–Crippen LogP) is 1.26. The number of nitrogens with zero attached hydrogens (tertiary/aromatic N) is 2. The highest BCUT2D eigenvalue weighted by atomic mass is 32.1. The summed E-state index contributed by atoms with van der Waals surface area (Å²) in [5, 5.41) is 12.3. The van der Waals surface area contributed by atoms with Crippen LogP contribution in [-0.4, -0.2) is 53.9 Å². The highest BCUT2D eigenvalue weighted by molar-refractivity contribution is 7.12. The van der Waals surface area contributed by atoms with E-state index in [0.717, 1.165) is 13.0 Å². The van der Waals surface area contributed by atoms with E-state index in [1.165, 1.54) is 16.2 Å². The van der Waals surface area contributed by atoms with Crippen LogP contribution in [0, 0.1) is 0 Å². The van der Waals surface area contributed by atoms with Gasteiger partial charge in [0.2, 0.25) is 5.78 Å². The SMILES string of the molecule is C[NH+](C)CCCN1C(=O)C(O)=C(C(=O)c2cccs2)[C@@H]1c1ccccn1. The molecule has 0 radical (unpaired) electrons. The van der Waals surface area contributed by atoms with E-state index in [2.05, 4.69) is 4.98 Å². The van der Waals surface area contributed by atoms with Crippen LogP contribution in [0.1, 0.15) is 27.8 Å². The van der Waals surface area contributed by atoms with Crippen molar-refractivity contribution in [1.82, 2.24) is 9.88 Å². The molecule has 0 unspecified atom stereocenters. The zero-order valence-electron chi connectivity index (χ0n) is 14.8. The molecule has 1 aliphatic rings. The molecule has 7 heteroatoms. The first kappa shape index (κ1) is 18.3. The van der Waals surface area contributed by atoms with E-state index < -0.39 is 17.7 Å². The first-order valence-electron chi connectivity index (χ1n) is 8.53. The maximum Gasteiger partial charge on any atom is 0.290 e. The van der Waals surface area contributed by atoms with Gasteiger partial charge in [0.15, 0.2) is 5.76 Å². The van der Waals surface area contributed by atoms with Crippen molar-refractivity contribution in [2.24, 2.45) is 0 Å². The lowest BCUT2D eigenvalue weighted by atomic mass is 9.99. The van der Waals surface area contributed by atoms with Gasteiger partial charge in [-0.3, -0.25) is 14.6 Å². The summed E-state index contributed by atoms with van der Waals surface area (Å²) in [4.78, 5) is 33.3. The average molecular weight is 372 g/mol. The molecule has 0 bridgehead atoms. The number of thiophene rings is 1. The van der Waals surface area contributed by atoms with Crippen molar-refractivity contribution in [1.29, 1.82) is 0 Å². The van der Waals surface area contributed by atoms with E-state index in [9.17, 15) is 14.7 Å². The highest BCUT2D eigenvalue weighted by Crippen LogP contribution is 2.38. The minimum absolute atomic E-state index is 0.119.